The number of hydrogen-bond donors (Lipinski definition) is 1. The molecule has 202 valence electrons. The maximum absolute atomic E-state index is 12.1. The molecule has 1 N–H and O–H groups in total. The highest BCUT2D eigenvalue weighted by atomic mass is 16.5. The molecule has 6 heterocycles. The van der Waals surface area contributed by atoms with Crippen molar-refractivity contribution in [3.8, 4) is 11.4 Å². The smallest absolute Gasteiger partial charge is 0.222 e. The Bertz CT molecular complexity index is 1240. The van der Waals surface area contributed by atoms with Gasteiger partial charge in [0.25, 0.3) is 0 Å². The summed E-state index contributed by atoms with van der Waals surface area (Å²) in [4.78, 5) is 37.8. The van der Waals surface area contributed by atoms with E-state index in [0.717, 1.165) is 101 Å². The number of anilines is 2. The minimum atomic E-state index is 0.224. The lowest BCUT2D eigenvalue weighted by molar-refractivity contribution is -0.127. The summed E-state index contributed by atoms with van der Waals surface area (Å²) in [6.07, 6.45) is 5.21. The fourth-order valence-corrected chi connectivity index (χ4v) is 5.18. The highest BCUT2D eigenvalue weighted by Gasteiger charge is 2.21. The summed E-state index contributed by atoms with van der Waals surface area (Å²) in [5.41, 5.74) is 2.34. The third kappa shape index (κ3) is 5.57. The molecule has 0 aliphatic carbocycles. The maximum Gasteiger partial charge on any atom is 0.222 e. The van der Waals surface area contributed by atoms with E-state index in [1.165, 1.54) is 0 Å². The lowest BCUT2D eigenvalue weighted by Gasteiger charge is -2.27. The molecule has 38 heavy (non-hydrogen) atoms. The highest BCUT2D eigenvalue weighted by Crippen LogP contribution is 2.25. The van der Waals surface area contributed by atoms with E-state index in [2.05, 4.69) is 20.1 Å². The number of nitrogens with one attached hydrogen (secondary N) is 1. The van der Waals surface area contributed by atoms with Crippen molar-refractivity contribution in [3.05, 3.63) is 24.7 Å². The Morgan fingerprint density at radius 1 is 0.895 bits per heavy atom. The van der Waals surface area contributed by atoms with Crippen molar-refractivity contribution in [2.75, 3.05) is 89.0 Å². The van der Waals surface area contributed by atoms with Crippen LogP contribution in [0.2, 0.25) is 0 Å². The monoisotopic (exact) mass is 521 g/mol. The van der Waals surface area contributed by atoms with Crippen LogP contribution in [0.15, 0.2) is 24.7 Å². The number of carbonyl (C=O) groups is 1. The van der Waals surface area contributed by atoms with Crippen molar-refractivity contribution in [1.29, 1.82) is 0 Å². The number of hydrogen-bond acceptors (Lipinski definition) is 10. The average molecular weight is 522 g/mol. The molecule has 12 nitrogen and oxygen atoms in total. The number of ether oxygens (including phenoxy) is 2. The predicted octanol–water partition coefficient (Wildman–Crippen LogP) is 1.09. The third-order valence-electron chi connectivity index (χ3n) is 7.41. The van der Waals surface area contributed by atoms with Crippen molar-refractivity contribution in [1.82, 2.24) is 34.3 Å². The van der Waals surface area contributed by atoms with Gasteiger partial charge in [-0.05, 0) is 18.6 Å². The zero-order valence-corrected chi connectivity index (χ0v) is 21.7. The summed E-state index contributed by atoms with van der Waals surface area (Å²) in [6, 6.07) is 4.05. The Morgan fingerprint density at radius 3 is 2.45 bits per heavy atom. The summed E-state index contributed by atoms with van der Waals surface area (Å²) >= 11 is 0. The topological polar surface area (TPSA) is 114 Å². The molecule has 0 spiro atoms. The summed E-state index contributed by atoms with van der Waals surface area (Å²) in [5, 5.41) is 3.51. The van der Waals surface area contributed by atoms with Gasteiger partial charge in [-0.2, -0.15) is 0 Å². The molecule has 3 aromatic heterocycles. The molecular weight excluding hydrogens is 486 g/mol. The van der Waals surface area contributed by atoms with Gasteiger partial charge in [0.2, 0.25) is 5.91 Å². The van der Waals surface area contributed by atoms with Gasteiger partial charge >= 0.3 is 0 Å². The first-order valence-electron chi connectivity index (χ1n) is 13.6. The normalized spacial score (nSPS) is 19.0. The van der Waals surface area contributed by atoms with Crippen LogP contribution in [0.1, 0.15) is 12.8 Å². The summed E-state index contributed by atoms with van der Waals surface area (Å²) in [6.45, 7) is 10.3. The lowest BCUT2D eigenvalue weighted by Crippen LogP contribution is -2.39. The van der Waals surface area contributed by atoms with Crippen molar-refractivity contribution in [2.24, 2.45) is 0 Å². The van der Waals surface area contributed by atoms with E-state index in [-0.39, 0.29) is 5.91 Å². The Labute approximate surface area is 222 Å². The predicted molar refractivity (Wildman–Crippen MR) is 143 cm³/mol. The van der Waals surface area contributed by atoms with Crippen LogP contribution in [0.4, 0.5) is 11.6 Å². The molecule has 0 unspecified atom stereocenters. The second-order valence-electron chi connectivity index (χ2n) is 9.88. The van der Waals surface area contributed by atoms with Crippen molar-refractivity contribution in [3.63, 3.8) is 0 Å². The number of fused-ring (bicyclic) bond motifs is 1. The first-order chi connectivity index (χ1) is 18.7. The summed E-state index contributed by atoms with van der Waals surface area (Å²) in [5.74, 6) is 2.47. The first kappa shape index (κ1) is 25.0. The molecule has 1 amide bonds. The number of amides is 1. The van der Waals surface area contributed by atoms with Gasteiger partial charge in [0.05, 0.1) is 32.8 Å². The van der Waals surface area contributed by atoms with Crippen LogP contribution in [0.3, 0.4) is 0 Å². The zero-order chi connectivity index (χ0) is 25.7. The second-order valence-corrected chi connectivity index (χ2v) is 9.88. The highest BCUT2D eigenvalue weighted by molar-refractivity contribution is 5.85. The van der Waals surface area contributed by atoms with E-state index in [1.54, 1.807) is 6.33 Å². The fourth-order valence-electron chi connectivity index (χ4n) is 5.18. The molecule has 3 aliphatic heterocycles. The van der Waals surface area contributed by atoms with Gasteiger partial charge in [0.1, 0.15) is 11.3 Å². The van der Waals surface area contributed by atoms with E-state index in [0.29, 0.717) is 31.2 Å². The Kier molecular flexibility index (Phi) is 7.61. The molecule has 0 aromatic carbocycles. The second kappa shape index (κ2) is 11.6. The number of imidazole rings is 1. The van der Waals surface area contributed by atoms with Crippen LogP contribution < -0.4 is 10.2 Å². The third-order valence-corrected chi connectivity index (χ3v) is 7.41. The number of nitrogens with zero attached hydrogens (tertiary/aromatic N) is 8. The fraction of sp³-hybridized carbons (Fsp3) is 0.577. The molecule has 12 heteroatoms. The quantitative estimate of drug-likeness (QED) is 0.439. The van der Waals surface area contributed by atoms with Crippen molar-refractivity contribution >= 4 is 28.7 Å². The molecule has 0 bridgehead atoms. The number of morpholine rings is 2. The minimum absolute atomic E-state index is 0.224. The van der Waals surface area contributed by atoms with Gasteiger partial charge in [-0.25, -0.2) is 19.9 Å². The van der Waals surface area contributed by atoms with E-state index in [1.807, 2.05) is 27.8 Å². The zero-order valence-electron chi connectivity index (χ0n) is 21.7. The molecule has 0 radical (unpaired) electrons. The van der Waals surface area contributed by atoms with Crippen LogP contribution in [0.25, 0.3) is 22.6 Å². The average Bonchev–Trinajstić information content (AvgIpc) is 3.58. The largest absolute Gasteiger partial charge is 0.379 e. The Balaban J connectivity index is 1.25. The SMILES string of the molecule is O=C1CCCN1CCn1cnc2c(NCCN3CCOCC3)nc(-c3ccc(N4CCOCC4)nc3)nc21. The van der Waals surface area contributed by atoms with Gasteiger partial charge in [-0.1, -0.05) is 0 Å². The van der Waals surface area contributed by atoms with E-state index in [4.69, 9.17) is 24.4 Å². The van der Waals surface area contributed by atoms with Crippen LogP contribution in [0, 0.1) is 0 Å². The number of carbonyl (C=O) groups excluding carboxylic acids is 1. The molecule has 3 aliphatic rings. The first-order valence-corrected chi connectivity index (χ1v) is 13.6. The van der Waals surface area contributed by atoms with Gasteiger partial charge in [-0.15, -0.1) is 0 Å². The van der Waals surface area contributed by atoms with Crippen LogP contribution in [-0.2, 0) is 20.8 Å². The minimum Gasteiger partial charge on any atom is -0.379 e. The lowest BCUT2D eigenvalue weighted by atomic mass is 10.2. The summed E-state index contributed by atoms with van der Waals surface area (Å²) < 4.78 is 13.0. The van der Waals surface area contributed by atoms with Gasteiger partial charge < -0.3 is 29.2 Å². The molecule has 0 saturated carbocycles. The standard InChI is InChI=1S/C26H35N9O3/c36-22-2-1-6-34(22)8-9-35-19-29-23-25(27-5-7-32-10-14-37-15-11-32)30-24(31-26(23)35)20-3-4-21(28-18-20)33-12-16-38-17-13-33/h3-4,18-19H,1-2,5-17H2,(H,27,30,31). The Hall–Kier alpha value is -3.35. The molecular formula is C26H35N9O3. The van der Waals surface area contributed by atoms with Gasteiger partial charge in [-0.3, -0.25) is 9.69 Å². The van der Waals surface area contributed by atoms with Gasteiger partial charge in [0, 0.05) is 77.1 Å². The number of rotatable bonds is 9. The van der Waals surface area contributed by atoms with Crippen molar-refractivity contribution in [2.45, 2.75) is 19.4 Å². The van der Waals surface area contributed by atoms with Crippen molar-refractivity contribution < 1.29 is 14.3 Å². The van der Waals surface area contributed by atoms with Crippen LogP contribution >= 0.6 is 0 Å². The molecule has 3 saturated heterocycles. The maximum atomic E-state index is 12.1. The van der Waals surface area contributed by atoms with E-state index < -0.39 is 0 Å². The molecule has 0 atom stereocenters. The Morgan fingerprint density at radius 2 is 1.71 bits per heavy atom. The van der Waals surface area contributed by atoms with Crippen LogP contribution in [-0.4, -0.2) is 119 Å². The van der Waals surface area contributed by atoms with Crippen LogP contribution in [0.5, 0.6) is 0 Å². The number of likely N-dealkylation sites (tertiary alicyclic amines) is 1. The summed E-state index contributed by atoms with van der Waals surface area (Å²) in [7, 11) is 0. The molecule has 3 fully saturated rings. The number of aromatic nitrogens is 5. The van der Waals surface area contributed by atoms with E-state index in [9.17, 15) is 4.79 Å². The number of pyridine rings is 1. The van der Waals surface area contributed by atoms with E-state index >= 15 is 0 Å². The molecule has 3 aromatic rings. The molecule has 6 rings (SSSR count). The van der Waals surface area contributed by atoms with Gasteiger partial charge in [0.15, 0.2) is 17.3 Å².